The molecule has 3 heterocycles. The standard InChI is InChI=1S/C18H14ClF3N6O2/c1-17(2,3)16(30)25-12-5-10(18(20,21)22)9(7-24-12)14-26-15(29)11-4-8(6-23)13(19)28(11)27-14/h4-5,7H,1-3H3,(H,24,25,30)(H,26,27,29). The number of anilines is 1. The average molecular weight is 439 g/mol. The van der Waals surface area contributed by atoms with Crippen molar-refractivity contribution in [3.05, 3.63) is 45.0 Å². The maximum atomic E-state index is 13.7. The van der Waals surface area contributed by atoms with Crippen molar-refractivity contribution in [2.24, 2.45) is 5.41 Å². The molecule has 12 heteroatoms. The number of pyridine rings is 1. The molecule has 0 spiro atoms. The number of amides is 1. The molecule has 0 bridgehead atoms. The van der Waals surface area contributed by atoms with Crippen LogP contribution in [-0.4, -0.2) is 25.5 Å². The third-order valence-corrected chi connectivity index (χ3v) is 4.45. The van der Waals surface area contributed by atoms with Gasteiger partial charge in [0.15, 0.2) is 5.82 Å². The van der Waals surface area contributed by atoms with E-state index in [-0.39, 0.29) is 22.1 Å². The van der Waals surface area contributed by atoms with Gasteiger partial charge in [-0.2, -0.15) is 18.4 Å². The Morgan fingerprint density at radius 1 is 1.30 bits per heavy atom. The van der Waals surface area contributed by atoms with Crippen molar-refractivity contribution in [2.75, 3.05) is 5.32 Å². The largest absolute Gasteiger partial charge is 0.417 e. The molecule has 3 aromatic heterocycles. The zero-order valence-corrected chi connectivity index (χ0v) is 16.6. The molecule has 156 valence electrons. The maximum absolute atomic E-state index is 13.7. The number of nitriles is 1. The fourth-order valence-electron chi connectivity index (χ4n) is 2.48. The minimum absolute atomic E-state index is 0.0544. The molecule has 0 aliphatic rings. The van der Waals surface area contributed by atoms with Gasteiger partial charge in [0.2, 0.25) is 5.91 Å². The number of H-pyrrole nitrogens is 1. The van der Waals surface area contributed by atoms with Gasteiger partial charge in [0, 0.05) is 17.2 Å². The lowest BCUT2D eigenvalue weighted by molar-refractivity contribution is -0.137. The Bertz CT molecular complexity index is 1260. The number of nitrogens with zero attached hydrogens (tertiary/aromatic N) is 4. The van der Waals surface area contributed by atoms with Crippen molar-refractivity contribution < 1.29 is 18.0 Å². The van der Waals surface area contributed by atoms with Crippen LogP contribution in [0.1, 0.15) is 31.9 Å². The first-order valence-electron chi connectivity index (χ1n) is 8.43. The first-order chi connectivity index (χ1) is 13.8. The van der Waals surface area contributed by atoms with Gasteiger partial charge in [0.1, 0.15) is 22.6 Å². The third-order valence-electron chi connectivity index (χ3n) is 4.09. The Morgan fingerprint density at radius 3 is 2.53 bits per heavy atom. The van der Waals surface area contributed by atoms with E-state index in [9.17, 15) is 22.8 Å². The Balaban J connectivity index is 2.19. The van der Waals surface area contributed by atoms with Crippen molar-refractivity contribution in [3.8, 4) is 17.5 Å². The zero-order chi connectivity index (χ0) is 22.4. The molecular formula is C18H14ClF3N6O2. The molecule has 3 rings (SSSR count). The summed E-state index contributed by atoms with van der Waals surface area (Å²) >= 11 is 5.98. The normalized spacial score (nSPS) is 12.1. The average Bonchev–Trinajstić information content (AvgIpc) is 2.97. The van der Waals surface area contributed by atoms with Crippen LogP contribution in [0.3, 0.4) is 0 Å². The van der Waals surface area contributed by atoms with E-state index in [1.807, 2.05) is 0 Å². The second-order valence-corrected chi connectivity index (χ2v) is 7.74. The molecule has 0 fully saturated rings. The summed E-state index contributed by atoms with van der Waals surface area (Å²) in [7, 11) is 0. The topological polar surface area (TPSA) is 116 Å². The molecule has 0 aliphatic heterocycles. The van der Waals surface area contributed by atoms with Gasteiger partial charge in [-0.1, -0.05) is 32.4 Å². The molecule has 0 aliphatic carbocycles. The van der Waals surface area contributed by atoms with Gasteiger partial charge < -0.3 is 10.3 Å². The number of nitrogens with one attached hydrogen (secondary N) is 2. The fraction of sp³-hybridized carbons (Fsp3) is 0.278. The molecule has 1 amide bonds. The van der Waals surface area contributed by atoms with Crippen LogP contribution >= 0.6 is 11.6 Å². The minimum atomic E-state index is -4.84. The first kappa shape index (κ1) is 21.3. The van der Waals surface area contributed by atoms with Crippen LogP contribution in [-0.2, 0) is 11.0 Å². The van der Waals surface area contributed by atoms with Crippen LogP contribution in [0.15, 0.2) is 23.1 Å². The minimum Gasteiger partial charge on any atom is -0.310 e. The van der Waals surface area contributed by atoms with Crippen LogP contribution in [0.2, 0.25) is 5.15 Å². The summed E-state index contributed by atoms with van der Waals surface area (Å²) in [5.74, 6) is -1.28. The van der Waals surface area contributed by atoms with Crippen molar-refractivity contribution in [1.29, 1.82) is 5.26 Å². The highest BCUT2D eigenvalue weighted by atomic mass is 35.5. The van der Waals surface area contributed by atoms with E-state index in [4.69, 9.17) is 16.9 Å². The smallest absolute Gasteiger partial charge is 0.310 e. The van der Waals surface area contributed by atoms with Gasteiger partial charge in [-0.05, 0) is 12.1 Å². The van der Waals surface area contributed by atoms with Crippen molar-refractivity contribution in [3.63, 3.8) is 0 Å². The molecule has 0 saturated heterocycles. The lowest BCUT2D eigenvalue weighted by Gasteiger charge is -2.18. The Morgan fingerprint density at radius 2 is 1.97 bits per heavy atom. The van der Waals surface area contributed by atoms with Crippen LogP contribution in [0.25, 0.3) is 16.9 Å². The quantitative estimate of drug-likeness (QED) is 0.634. The van der Waals surface area contributed by atoms with E-state index < -0.39 is 40.0 Å². The number of aromatic amines is 1. The zero-order valence-electron chi connectivity index (χ0n) is 15.8. The van der Waals surface area contributed by atoms with E-state index in [1.165, 1.54) is 6.07 Å². The van der Waals surface area contributed by atoms with Crippen molar-refractivity contribution in [1.82, 2.24) is 19.6 Å². The number of hydrogen-bond acceptors (Lipinski definition) is 5. The molecule has 2 N–H and O–H groups in total. The van der Waals surface area contributed by atoms with Gasteiger partial charge in [-0.15, -0.1) is 5.10 Å². The molecule has 0 atom stereocenters. The second kappa shape index (κ2) is 7.14. The number of carbonyl (C=O) groups is 1. The molecule has 8 nitrogen and oxygen atoms in total. The first-order valence-corrected chi connectivity index (χ1v) is 8.81. The highest BCUT2D eigenvalue weighted by molar-refractivity contribution is 6.31. The maximum Gasteiger partial charge on any atom is 0.417 e. The number of carbonyl (C=O) groups excluding carboxylic acids is 1. The van der Waals surface area contributed by atoms with Crippen molar-refractivity contribution in [2.45, 2.75) is 26.9 Å². The molecule has 3 aromatic rings. The van der Waals surface area contributed by atoms with Gasteiger partial charge in [0.05, 0.1) is 11.1 Å². The van der Waals surface area contributed by atoms with Gasteiger partial charge in [-0.25, -0.2) is 9.50 Å². The highest BCUT2D eigenvalue weighted by Crippen LogP contribution is 2.37. The van der Waals surface area contributed by atoms with Crippen LogP contribution < -0.4 is 10.9 Å². The summed E-state index contributed by atoms with van der Waals surface area (Å²) in [6, 6.07) is 3.59. The SMILES string of the molecule is CC(C)(C)C(=O)Nc1cc(C(F)(F)F)c(-c2nn3c(Cl)c(C#N)cc3c(=O)[nH]2)cn1. The summed E-state index contributed by atoms with van der Waals surface area (Å²) in [5.41, 5.74) is -3.49. The highest BCUT2D eigenvalue weighted by Gasteiger charge is 2.36. The Labute approximate surface area is 172 Å². The second-order valence-electron chi connectivity index (χ2n) is 7.38. The van der Waals surface area contributed by atoms with E-state index in [2.05, 4.69) is 20.4 Å². The number of aromatic nitrogens is 4. The molecule has 0 aromatic carbocycles. The molecular weight excluding hydrogens is 425 g/mol. The summed E-state index contributed by atoms with van der Waals surface area (Å²) < 4.78 is 42.0. The Kier molecular flexibility index (Phi) is 5.07. The summed E-state index contributed by atoms with van der Waals surface area (Å²) in [6.07, 6.45) is -4.00. The number of rotatable bonds is 2. The lowest BCUT2D eigenvalue weighted by atomic mass is 9.96. The third kappa shape index (κ3) is 3.86. The Hall–Kier alpha value is -3.39. The van der Waals surface area contributed by atoms with Crippen molar-refractivity contribution >= 4 is 28.8 Å². The van der Waals surface area contributed by atoms with Crippen LogP contribution in [0.4, 0.5) is 19.0 Å². The fourth-order valence-corrected chi connectivity index (χ4v) is 2.71. The van der Waals surface area contributed by atoms with E-state index >= 15 is 0 Å². The van der Waals surface area contributed by atoms with Gasteiger partial charge in [-0.3, -0.25) is 9.59 Å². The van der Waals surface area contributed by atoms with E-state index in [1.54, 1.807) is 26.8 Å². The van der Waals surface area contributed by atoms with Gasteiger partial charge >= 0.3 is 6.18 Å². The summed E-state index contributed by atoms with van der Waals surface area (Å²) in [5, 5.41) is 15.1. The number of hydrogen-bond donors (Lipinski definition) is 2. The summed E-state index contributed by atoms with van der Waals surface area (Å²) in [4.78, 5) is 30.5. The number of halogens is 4. The summed E-state index contributed by atoms with van der Waals surface area (Å²) in [6.45, 7) is 4.80. The number of fused-ring (bicyclic) bond motifs is 1. The van der Waals surface area contributed by atoms with E-state index in [0.717, 1.165) is 10.7 Å². The van der Waals surface area contributed by atoms with E-state index in [0.29, 0.717) is 6.07 Å². The predicted octanol–water partition coefficient (Wildman–Crippen LogP) is 3.61. The molecule has 0 unspecified atom stereocenters. The van der Waals surface area contributed by atoms with Gasteiger partial charge in [0.25, 0.3) is 5.56 Å². The predicted molar refractivity (Wildman–Crippen MR) is 102 cm³/mol. The lowest BCUT2D eigenvalue weighted by Crippen LogP contribution is -2.28. The molecule has 30 heavy (non-hydrogen) atoms. The monoisotopic (exact) mass is 438 g/mol. The molecule has 0 radical (unpaired) electrons. The van der Waals surface area contributed by atoms with Crippen LogP contribution in [0.5, 0.6) is 0 Å². The number of alkyl halides is 3. The molecule has 0 saturated carbocycles. The van der Waals surface area contributed by atoms with Crippen LogP contribution in [0, 0.1) is 16.7 Å².